The van der Waals surface area contributed by atoms with E-state index in [1.54, 1.807) is 11.9 Å². The van der Waals surface area contributed by atoms with Gasteiger partial charge in [0.15, 0.2) is 0 Å². The second kappa shape index (κ2) is 7.76. The van der Waals surface area contributed by atoms with Crippen LogP contribution in [0.5, 0.6) is 5.75 Å². The van der Waals surface area contributed by atoms with Gasteiger partial charge in [-0.05, 0) is 24.6 Å². The lowest BCUT2D eigenvalue weighted by Gasteiger charge is -2.19. The van der Waals surface area contributed by atoms with E-state index in [4.69, 9.17) is 4.74 Å². The normalized spacial score (nSPS) is 14.3. The molecule has 1 fully saturated rings. The average Bonchev–Trinajstić information content (AvgIpc) is 2.85. The fraction of sp³-hybridized carbons (Fsp3) is 0.471. The highest BCUT2D eigenvalue weighted by molar-refractivity contribution is 6.02. The zero-order valence-electron chi connectivity index (χ0n) is 13.6. The van der Waals surface area contributed by atoms with Crippen LogP contribution in [-0.4, -0.2) is 47.7 Å². The molecule has 1 aliphatic heterocycles. The first-order valence-electron chi connectivity index (χ1n) is 7.80. The van der Waals surface area contributed by atoms with Crippen LogP contribution in [0.25, 0.3) is 0 Å². The van der Waals surface area contributed by atoms with Crippen LogP contribution in [0.3, 0.4) is 0 Å². The Labute approximate surface area is 136 Å². The van der Waals surface area contributed by atoms with E-state index in [-0.39, 0.29) is 43.5 Å². The Hall–Kier alpha value is -2.37. The van der Waals surface area contributed by atoms with Crippen molar-refractivity contribution in [2.24, 2.45) is 0 Å². The second-order valence-electron chi connectivity index (χ2n) is 5.52. The van der Waals surface area contributed by atoms with Gasteiger partial charge < -0.3 is 9.64 Å². The summed E-state index contributed by atoms with van der Waals surface area (Å²) in [6.07, 6.45) is 0.676. The number of imide groups is 1. The molecular formula is C17H22N2O4. The van der Waals surface area contributed by atoms with Gasteiger partial charge in [0.1, 0.15) is 5.75 Å². The van der Waals surface area contributed by atoms with Crippen molar-refractivity contribution in [3.05, 3.63) is 29.8 Å². The molecule has 1 heterocycles. The summed E-state index contributed by atoms with van der Waals surface area (Å²) in [6.45, 7) is 3.19. The fourth-order valence-electron chi connectivity index (χ4n) is 2.49. The lowest BCUT2D eigenvalue weighted by molar-refractivity contribution is -0.139. The lowest BCUT2D eigenvalue weighted by Crippen LogP contribution is -2.34. The number of nitrogens with zero attached hydrogens (tertiary/aromatic N) is 2. The maximum absolute atomic E-state index is 12.1. The maximum atomic E-state index is 12.1. The topological polar surface area (TPSA) is 66.9 Å². The van der Waals surface area contributed by atoms with Gasteiger partial charge in [0, 0.05) is 39.4 Å². The van der Waals surface area contributed by atoms with E-state index < -0.39 is 0 Å². The summed E-state index contributed by atoms with van der Waals surface area (Å²) in [5.41, 5.74) is 0.998. The van der Waals surface area contributed by atoms with Gasteiger partial charge in [-0.2, -0.15) is 0 Å². The maximum Gasteiger partial charge on any atom is 0.229 e. The van der Waals surface area contributed by atoms with E-state index in [1.165, 1.54) is 4.90 Å². The van der Waals surface area contributed by atoms with Gasteiger partial charge in [-0.25, -0.2) is 0 Å². The summed E-state index contributed by atoms with van der Waals surface area (Å²) >= 11 is 0. The van der Waals surface area contributed by atoms with Gasteiger partial charge in [0.25, 0.3) is 0 Å². The van der Waals surface area contributed by atoms with E-state index in [1.807, 2.05) is 31.2 Å². The molecule has 6 heteroatoms. The van der Waals surface area contributed by atoms with Crippen molar-refractivity contribution in [1.82, 2.24) is 9.80 Å². The van der Waals surface area contributed by atoms with Crippen LogP contribution in [0.15, 0.2) is 24.3 Å². The first-order valence-corrected chi connectivity index (χ1v) is 7.80. The Morgan fingerprint density at radius 2 is 1.78 bits per heavy atom. The zero-order valence-corrected chi connectivity index (χ0v) is 13.6. The highest BCUT2D eigenvalue weighted by Crippen LogP contribution is 2.15. The van der Waals surface area contributed by atoms with Crippen LogP contribution < -0.4 is 4.74 Å². The predicted octanol–water partition coefficient (Wildman–Crippen LogP) is 1.58. The minimum Gasteiger partial charge on any atom is -0.494 e. The number of ether oxygens (including phenoxy) is 1. The quantitative estimate of drug-likeness (QED) is 0.716. The molecule has 0 aliphatic carbocycles. The summed E-state index contributed by atoms with van der Waals surface area (Å²) in [7, 11) is 1.71. The molecule has 0 atom stereocenters. The third-order valence-corrected chi connectivity index (χ3v) is 3.78. The standard InChI is InChI=1S/C17H22N2O4/c1-3-23-14-6-4-13(5-7-14)12-18(2)15(20)10-11-19-16(21)8-9-17(19)22/h4-7H,3,8-12H2,1-2H3. The van der Waals surface area contributed by atoms with Gasteiger partial charge in [0.2, 0.25) is 17.7 Å². The van der Waals surface area contributed by atoms with E-state index >= 15 is 0 Å². The van der Waals surface area contributed by atoms with Gasteiger partial charge in [0.05, 0.1) is 6.61 Å². The minimum absolute atomic E-state index is 0.0913. The lowest BCUT2D eigenvalue weighted by atomic mass is 10.2. The summed E-state index contributed by atoms with van der Waals surface area (Å²) in [5, 5.41) is 0. The molecule has 1 aromatic carbocycles. The van der Waals surface area contributed by atoms with Crippen LogP contribution in [-0.2, 0) is 20.9 Å². The van der Waals surface area contributed by atoms with Crippen molar-refractivity contribution in [2.75, 3.05) is 20.2 Å². The Bertz CT molecular complexity index is 567. The Morgan fingerprint density at radius 1 is 1.17 bits per heavy atom. The second-order valence-corrected chi connectivity index (χ2v) is 5.52. The number of carbonyl (C=O) groups excluding carboxylic acids is 3. The molecule has 1 aromatic rings. The zero-order chi connectivity index (χ0) is 16.8. The number of rotatable bonds is 7. The molecule has 0 N–H and O–H groups in total. The van der Waals surface area contributed by atoms with E-state index in [2.05, 4.69) is 0 Å². The monoisotopic (exact) mass is 318 g/mol. The first kappa shape index (κ1) is 17.0. The third-order valence-electron chi connectivity index (χ3n) is 3.78. The molecule has 1 saturated heterocycles. The van der Waals surface area contributed by atoms with Crippen molar-refractivity contribution in [2.45, 2.75) is 32.7 Å². The molecule has 0 unspecified atom stereocenters. The predicted molar refractivity (Wildman–Crippen MR) is 84.7 cm³/mol. The van der Waals surface area contributed by atoms with Crippen LogP contribution in [0.2, 0.25) is 0 Å². The van der Waals surface area contributed by atoms with Crippen LogP contribution in [0.4, 0.5) is 0 Å². The fourth-order valence-corrected chi connectivity index (χ4v) is 2.49. The smallest absolute Gasteiger partial charge is 0.229 e. The van der Waals surface area contributed by atoms with Crippen molar-refractivity contribution in [3.63, 3.8) is 0 Å². The summed E-state index contributed by atoms with van der Waals surface area (Å²) < 4.78 is 5.38. The van der Waals surface area contributed by atoms with E-state index in [9.17, 15) is 14.4 Å². The Morgan fingerprint density at radius 3 is 2.35 bits per heavy atom. The van der Waals surface area contributed by atoms with E-state index in [0.717, 1.165) is 11.3 Å². The first-order chi connectivity index (χ1) is 11.0. The van der Waals surface area contributed by atoms with Crippen LogP contribution in [0, 0.1) is 0 Å². The number of likely N-dealkylation sites (tertiary alicyclic amines) is 1. The molecule has 6 nitrogen and oxygen atoms in total. The van der Waals surface area contributed by atoms with Gasteiger partial charge in [-0.15, -0.1) is 0 Å². The number of amides is 3. The minimum atomic E-state index is -0.183. The number of hydrogen-bond donors (Lipinski definition) is 0. The van der Waals surface area contributed by atoms with Crippen molar-refractivity contribution in [1.29, 1.82) is 0 Å². The summed E-state index contributed by atoms with van der Waals surface area (Å²) in [5.74, 6) is 0.344. The molecule has 1 aliphatic rings. The highest BCUT2D eigenvalue weighted by atomic mass is 16.5. The van der Waals surface area contributed by atoms with E-state index in [0.29, 0.717) is 13.2 Å². The molecule has 0 saturated carbocycles. The van der Waals surface area contributed by atoms with Crippen LogP contribution >= 0.6 is 0 Å². The SMILES string of the molecule is CCOc1ccc(CN(C)C(=O)CCN2C(=O)CCC2=O)cc1. The van der Waals surface area contributed by atoms with Gasteiger partial charge >= 0.3 is 0 Å². The van der Waals surface area contributed by atoms with Crippen molar-refractivity contribution >= 4 is 17.7 Å². The highest BCUT2D eigenvalue weighted by Gasteiger charge is 2.29. The largest absolute Gasteiger partial charge is 0.494 e. The summed E-state index contributed by atoms with van der Waals surface area (Å²) in [6, 6.07) is 7.59. The molecular weight excluding hydrogens is 296 g/mol. The number of carbonyl (C=O) groups is 3. The molecule has 23 heavy (non-hydrogen) atoms. The van der Waals surface area contributed by atoms with Crippen molar-refractivity contribution < 1.29 is 19.1 Å². The average molecular weight is 318 g/mol. The molecule has 124 valence electrons. The molecule has 2 rings (SSSR count). The third kappa shape index (κ3) is 4.55. The number of benzene rings is 1. The van der Waals surface area contributed by atoms with Gasteiger partial charge in [-0.3, -0.25) is 19.3 Å². The molecule has 3 amide bonds. The molecule has 0 bridgehead atoms. The van der Waals surface area contributed by atoms with Crippen molar-refractivity contribution in [3.8, 4) is 5.75 Å². The Kier molecular flexibility index (Phi) is 5.73. The molecule has 0 radical (unpaired) electrons. The van der Waals surface area contributed by atoms with Crippen LogP contribution in [0.1, 0.15) is 31.7 Å². The number of hydrogen-bond acceptors (Lipinski definition) is 4. The Balaban J connectivity index is 1.82. The summed E-state index contributed by atoms with van der Waals surface area (Å²) in [4.78, 5) is 37.9. The van der Waals surface area contributed by atoms with Gasteiger partial charge in [-0.1, -0.05) is 12.1 Å². The molecule has 0 spiro atoms. The molecule has 0 aromatic heterocycles.